The van der Waals surface area contributed by atoms with Crippen LogP contribution in [-0.4, -0.2) is 35.0 Å². The zero-order valence-electron chi connectivity index (χ0n) is 23.2. The van der Waals surface area contributed by atoms with Crippen LogP contribution in [0.3, 0.4) is 0 Å². The summed E-state index contributed by atoms with van der Waals surface area (Å²) in [5, 5.41) is 0. The first-order valence-electron chi connectivity index (χ1n) is 14.0. The molecule has 7 nitrogen and oxygen atoms in total. The number of aromatic nitrogens is 2. The first-order valence-corrected chi connectivity index (χ1v) is 14.0. The largest absolute Gasteiger partial charge is 0.493 e. The number of carbonyl (C=O) groups excluding carboxylic acids is 2. The van der Waals surface area contributed by atoms with Crippen LogP contribution in [-0.2, 0) is 22.4 Å². The van der Waals surface area contributed by atoms with Crippen molar-refractivity contribution >= 4 is 11.8 Å². The number of hydrogen-bond acceptors (Lipinski definition) is 6. The van der Waals surface area contributed by atoms with E-state index in [9.17, 15) is 9.59 Å². The summed E-state index contributed by atoms with van der Waals surface area (Å²) < 4.78 is 18.7. The number of Topliss-reactive ketones (excluding diaryl/α,β-unsaturated/α-hetero) is 1. The summed E-state index contributed by atoms with van der Waals surface area (Å²) in [6.45, 7) is 2.38. The van der Waals surface area contributed by atoms with E-state index in [1.165, 1.54) is 13.5 Å². The van der Waals surface area contributed by atoms with E-state index in [1.807, 2.05) is 73.8 Å². The molecular weight excluding hydrogens is 504 g/mol. The van der Waals surface area contributed by atoms with Crippen molar-refractivity contribution in [3.8, 4) is 17.2 Å². The third-order valence-electron chi connectivity index (χ3n) is 7.68. The van der Waals surface area contributed by atoms with E-state index in [0.29, 0.717) is 30.9 Å². The predicted octanol–water partition coefficient (Wildman–Crippen LogP) is 6.79. The lowest BCUT2D eigenvalue weighted by Crippen LogP contribution is -2.22. The lowest BCUT2D eigenvalue weighted by atomic mass is 9.84. The molecule has 1 fully saturated rings. The molecule has 7 heteroatoms. The Balaban J connectivity index is 1.18. The molecule has 1 aliphatic carbocycles. The van der Waals surface area contributed by atoms with Gasteiger partial charge in [0.15, 0.2) is 5.78 Å². The average Bonchev–Trinajstić information content (AvgIpc) is 3.64. The fraction of sp³-hybridized carbons (Fsp3) is 0.364. The lowest BCUT2D eigenvalue weighted by molar-refractivity contribution is -0.144. The highest BCUT2D eigenvalue weighted by Gasteiger charge is 2.26. The van der Waals surface area contributed by atoms with E-state index in [0.717, 1.165) is 54.0 Å². The molecule has 1 atom stereocenters. The lowest BCUT2D eigenvalue weighted by Gasteiger charge is -2.20. The zero-order chi connectivity index (χ0) is 27.9. The molecule has 4 aromatic rings. The standard InChI is InChI=1S/C33H36N2O5/c1-23-29(34-32(40-23)26-11-7-4-8-12-26)18-20-39-28-15-13-24(14-16-28)21-30(33(37)38-2)35-19-17-27(22-35)31(36)25-9-5-3-6-10-25/h4,7-8,11-17,19,22,25,30H,3,5-6,9-10,18,20-21H2,1-2H3/t30-/m0/s1. The Labute approximate surface area is 235 Å². The van der Waals surface area contributed by atoms with E-state index >= 15 is 0 Å². The van der Waals surface area contributed by atoms with Crippen LogP contribution in [0.2, 0.25) is 0 Å². The first-order chi connectivity index (χ1) is 19.5. The second kappa shape index (κ2) is 12.8. The second-order valence-electron chi connectivity index (χ2n) is 10.4. The van der Waals surface area contributed by atoms with Gasteiger partial charge in [0.25, 0.3) is 0 Å². The molecule has 0 unspecified atom stereocenters. The van der Waals surface area contributed by atoms with Gasteiger partial charge in [0, 0.05) is 42.3 Å². The van der Waals surface area contributed by atoms with Crippen molar-refractivity contribution in [1.29, 1.82) is 0 Å². The number of hydrogen-bond donors (Lipinski definition) is 0. The molecule has 0 aliphatic heterocycles. The van der Waals surface area contributed by atoms with Gasteiger partial charge >= 0.3 is 5.97 Å². The van der Waals surface area contributed by atoms with Crippen LogP contribution in [0, 0.1) is 12.8 Å². The van der Waals surface area contributed by atoms with Crippen molar-refractivity contribution in [2.24, 2.45) is 5.92 Å². The van der Waals surface area contributed by atoms with Crippen molar-refractivity contribution in [1.82, 2.24) is 9.55 Å². The van der Waals surface area contributed by atoms with E-state index < -0.39 is 6.04 Å². The van der Waals surface area contributed by atoms with Crippen LogP contribution in [0.25, 0.3) is 11.5 Å². The van der Waals surface area contributed by atoms with Crippen LogP contribution in [0.1, 0.15) is 65.5 Å². The number of benzene rings is 2. The fourth-order valence-electron chi connectivity index (χ4n) is 5.37. The molecule has 0 saturated heterocycles. The van der Waals surface area contributed by atoms with Gasteiger partial charge in [-0.05, 0) is 55.7 Å². The van der Waals surface area contributed by atoms with Gasteiger partial charge in [0.1, 0.15) is 17.6 Å². The summed E-state index contributed by atoms with van der Waals surface area (Å²) in [7, 11) is 1.39. The highest BCUT2D eigenvalue weighted by Crippen LogP contribution is 2.28. The molecule has 5 rings (SSSR count). The van der Waals surface area contributed by atoms with Crippen molar-refractivity contribution < 1.29 is 23.5 Å². The second-order valence-corrected chi connectivity index (χ2v) is 10.4. The van der Waals surface area contributed by atoms with Gasteiger partial charge in [0.2, 0.25) is 5.89 Å². The molecule has 2 aromatic heterocycles. The van der Waals surface area contributed by atoms with Crippen LogP contribution in [0.15, 0.2) is 77.5 Å². The summed E-state index contributed by atoms with van der Waals surface area (Å²) in [5.41, 5.74) is 3.47. The van der Waals surface area contributed by atoms with Crippen LogP contribution in [0.4, 0.5) is 0 Å². The van der Waals surface area contributed by atoms with E-state index in [4.69, 9.17) is 13.9 Å². The molecule has 1 aliphatic rings. The smallest absolute Gasteiger partial charge is 0.329 e. The molecule has 2 heterocycles. The number of esters is 1. The van der Waals surface area contributed by atoms with Gasteiger partial charge in [-0.2, -0.15) is 0 Å². The fourth-order valence-corrected chi connectivity index (χ4v) is 5.37. The molecule has 40 heavy (non-hydrogen) atoms. The molecule has 0 spiro atoms. The third kappa shape index (κ3) is 6.53. The Kier molecular flexibility index (Phi) is 8.79. The van der Waals surface area contributed by atoms with Crippen LogP contribution in [0.5, 0.6) is 5.75 Å². The van der Waals surface area contributed by atoms with Crippen molar-refractivity contribution in [2.75, 3.05) is 13.7 Å². The SMILES string of the molecule is COC(=O)[C@H](Cc1ccc(OCCc2nc(-c3ccccc3)oc2C)cc1)n1ccc(C(=O)C2CCCCC2)c1. The number of aryl methyl sites for hydroxylation is 1. The summed E-state index contributed by atoms with van der Waals surface area (Å²) in [6.07, 6.45) is 10.00. The number of methoxy groups -OCH3 is 1. The van der Waals surface area contributed by atoms with Gasteiger partial charge in [-0.25, -0.2) is 9.78 Å². The Morgan fingerprint density at radius 3 is 2.50 bits per heavy atom. The molecule has 0 bridgehead atoms. The molecule has 0 N–H and O–H groups in total. The highest BCUT2D eigenvalue weighted by molar-refractivity contribution is 5.97. The number of rotatable bonds is 11. The average molecular weight is 541 g/mol. The van der Waals surface area contributed by atoms with Crippen molar-refractivity contribution in [3.63, 3.8) is 0 Å². The molecule has 208 valence electrons. The Morgan fingerprint density at radius 1 is 1.02 bits per heavy atom. The number of carbonyl (C=O) groups is 2. The van der Waals surface area contributed by atoms with E-state index in [2.05, 4.69) is 4.98 Å². The van der Waals surface area contributed by atoms with Gasteiger partial charge < -0.3 is 18.5 Å². The normalized spacial score (nSPS) is 14.6. The van der Waals surface area contributed by atoms with Crippen LogP contribution >= 0.6 is 0 Å². The minimum absolute atomic E-state index is 0.0906. The van der Waals surface area contributed by atoms with Gasteiger partial charge in [-0.1, -0.05) is 49.6 Å². The Hall–Kier alpha value is -4.13. The maximum absolute atomic E-state index is 13.0. The maximum atomic E-state index is 13.0. The molecule has 1 saturated carbocycles. The summed E-state index contributed by atoms with van der Waals surface area (Å²) in [4.78, 5) is 30.3. The molecular formula is C33H36N2O5. The number of ketones is 1. The first kappa shape index (κ1) is 27.4. The van der Waals surface area contributed by atoms with E-state index in [-0.39, 0.29) is 17.7 Å². The van der Waals surface area contributed by atoms with Gasteiger partial charge in [-0.3, -0.25) is 4.79 Å². The number of oxazole rings is 1. The predicted molar refractivity (Wildman–Crippen MR) is 152 cm³/mol. The topological polar surface area (TPSA) is 83.6 Å². The summed E-state index contributed by atoms with van der Waals surface area (Å²) >= 11 is 0. The quantitative estimate of drug-likeness (QED) is 0.154. The maximum Gasteiger partial charge on any atom is 0.329 e. The molecule has 0 amide bonds. The zero-order valence-corrected chi connectivity index (χ0v) is 23.2. The highest BCUT2D eigenvalue weighted by atomic mass is 16.5. The summed E-state index contributed by atoms with van der Waals surface area (Å²) in [6, 6.07) is 18.8. The molecule has 0 radical (unpaired) electrons. The third-order valence-corrected chi connectivity index (χ3v) is 7.68. The van der Waals surface area contributed by atoms with Crippen molar-refractivity contribution in [3.05, 3.63) is 95.6 Å². The minimum Gasteiger partial charge on any atom is -0.493 e. The van der Waals surface area contributed by atoms with Gasteiger partial charge in [0.05, 0.1) is 19.4 Å². The minimum atomic E-state index is -0.557. The van der Waals surface area contributed by atoms with E-state index in [1.54, 1.807) is 10.8 Å². The Morgan fingerprint density at radius 2 is 1.77 bits per heavy atom. The Bertz CT molecular complexity index is 1410. The summed E-state index contributed by atoms with van der Waals surface area (Å²) in [5.74, 6) is 2.08. The molecule has 2 aromatic carbocycles. The van der Waals surface area contributed by atoms with Crippen molar-refractivity contribution in [2.45, 2.75) is 57.9 Å². The number of ether oxygens (including phenoxy) is 2. The van der Waals surface area contributed by atoms with Crippen LogP contribution < -0.4 is 4.74 Å². The van der Waals surface area contributed by atoms with Gasteiger partial charge in [-0.15, -0.1) is 0 Å². The monoisotopic (exact) mass is 540 g/mol. The number of nitrogens with zero attached hydrogens (tertiary/aromatic N) is 2.